The summed E-state index contributed by atoms with van der Waals surface area (Å²) >= 11 is 0. The van der Waals surface area contributed by atoms with Gasteiger partial charge in [0.05, 0.1) is 0 Å². The monoisotopic (exact) mass is 151 g/mol. The molecule has 0 aliphatic heterocycles. The van der Waals surface area contributed by atoms with Crippen molar-refractivity contribution in [2.75, 3.05) is 0 Å². The van der Waals surface area contributed by atoms with Gasteiger partial charge in [0, 0.05) is 12.0 Å². The van der Waals surface area contributed by atoms with Crippen molar-refractivity contribution in [1.29, 1.82) is 0 Å². The molecule has 3 heteroatoms. The quantitative estimate of drug-likeness (QED) is 0.615. The minimum absolute atomic E-state index is 0. The van der Waals surface area contributed by atoms with E-state index in [4.69, 9.17) is 5.73 Å². The van der Waals surface area contributed by atoms with Crippen molar-refractivity contribution in [3.05, 3.63) is 0 Å². The van der Waals surface area contributed by atoms with E-state index in [-0.39, 0.29) is 17.9 Å². The minimum atomic E-state index is -0.180. The van der Waals surface area contributed by atoms with Crippen LogP contribution in [-0.2, 0) is 4.79 Å². The fourth-order valence-corrected chi connectivity index (χ4v) is 0.431. The molecule has 0 rings (SSSR count). The molecule has 56 valence electrons. The summed E-state index contributed by atoms with van der Waals surface area (Å²) in [6.07, 6.45) is 2.24. The Hall–Kier alpha value is -0.0800. The van der Waals surface area contributed by atoms with E-state index in [1.54, 1.807) is 0 Å². The summed E-state index contributed by atoms with van der Waals surface area (Å²) in [5, 5.41) is 0. The number of aldehydes is 1. The zero-order valence-corrected chi connectivity index (χ0v) is 6.70. The fourth-order valence-electron chi connectivity index (χ4n) is 0.431. The molecule has 0 bridgehead atoms. The average Bonchev–Trinajstić information content (AvgIpc) is 1.59. The first-order chi connectivity index (χ1) is 3.56. The Balaban J connectivity index is 0. The molecule has 0 spiro atoms. The van der Waals surface area contributed by atoms with Crippen LogP contribution in [0.4, 0.5) is 0 Å². The van der Waals surface area contributed by atoms with Gasteiger partial charge in [0.1, 0.15) is 6.29 Å². The van der Waals surface area contributed by atoms with Crippen molar-refractivity contribution in [1.82, 2.24) is 0 Å². The number of nitrogens with two attached hydrogens (primary N) is 1. The van der Waals surface area contributed by atoms with Crippen LogP contribution in [0.1, 0.15) is 26.7 Å². The summed E-state index contributed by atoms with van der Waals surface area (Å²) in [6.45, 7) is 3.83. The van der Waals surface area contributed by atoms with Gasteiger partial charge in [-0.05, 0) is 20.3 Å². The Morgan fingerprint density at radius 2 is 2.00 bits per heavy atom. The molecule has 0 saturated heterocycles. The predicted octanol–water partition coefficient (Wildman–Crippen LogP) is 1.12. The van der Waals surface area contributed by atoms with Crippen molar-refractivity contribution in [2.24, 2.45) is 5.73 Å². The second kappa shape index (κ2) is 4.77. The maximum Gasteiger partial charge on any atom is 0.120 e. The SMILES string of the molecule is CC(C)(N)CCC=O.Cl. The largest absolute Gasteiger partial charge is 0.326 e. The first-order valence-electron chi connectivity index (χ1n) is 2.79. The smallest absolute Gasteiger partial charge is 0.120 e. The zero-order valence-electron chi connectivity index (χ0n) is 5.89. The van der Waals surface area contributed by atoms with E-state index in [1.165, 1.54) is 0 Å². The summed E-state index contributed by atoms with van der Waals surface area (Å²) in [5.41, 5.74) is 5.38. The second-order valence-corrected chi connectivity index (χ2v) is 2.69. The van der Waals surface area contributed by atoms with Gasteiger partial charge in [0.15, 0.2) is 0 Å². The molecule has 0 aliphatic carbocycles. The van der Waals surface area contributed by atoms with Gasteiger partial charge in [-0.2, -0.15) is 0 Å². The summed E-state index contributed by atoms with van der Waals surface area (Å²) in [5.74, 6) is 0. The number of carbonyl (C=O) groups excluding carboxylic acids is 1. The first kappa shape index (κ1) is 11.7. The van der Waals surface area contributed by atoms with E-state index >= 15 is 0 Å². The van der Waals surface area contributed by atoms with E-state index < -0.39 is 0 Å². The molecule has 0 atom stereocenters. The van der Waals surface area contributed by atoms with E-state index in [1.807, 2.05) is 13.8 Å². The predicted molar refractivity (Wildman–Crippen MR) is 40.8 cm³/mol. The number of halogens is 1. The normalized spacial score (nSPS) is 10.1. The Morgan fingerprint density at radius 3 is 2.11 bits per heavy atom. The van der Waals surface area contributed by atoms with Gasteiger partial charge in [-0.15, -0.1) is 12.4 Å². The molecule has 0 aromatic rings. The summed E-state index contributed by atoms with van der Waals surface area (Å²) in [7, 11) is 0. The lowest BCUT2D eigenvalue weighted by molar-refractivity contribution is -0.108. The Kier molecular flexibility index (Phi) is 6.19. The molecule has 0 saturated carbocycles. The van der Waals surface area contributed by atoms with Gasteiger partial charge >= 0.3 is 0 Å². The van der Waals surface area contributed by atoms with E-state index in [0.717, 1.165) is 12.7 Å². The number of carbonyl (C=O) groups is 1. The highest BCUT2D eigenvalue weighted by Gasteiger charge is 2.07. The lowest BCUT2D eigenvalue weighted by Crippen LogP contribution is -2.31. The van der Waals surface area contributed by atoms with Crippen molar-refractivity contribution in [3.8, 4) is 0 Å². The Morgan fingerprint density at radius 1 is 1.56 bits per heavy atom. The number of rotatable bonds is 3. The van der Waals surface area contributed by atoms with Crippen molar-refractivity contribution in [2.45, 2.75) is 32.2 Å². The van der Waals surface area contributed by atoms with Crippen LogP contribution in [0, 0.1) is 0 Å². The van der Waals surface area contributed by atoms with Gasteiger partial charge in [-0.25, -0.2) is 0 Å². The molecule has 0 aliphatic rings. The standard InChI is InChI=1S/C6H13NO.ClH/c1-6(2,7)4-3-5-8;/h5H,3-4,7H2,1-2H3;1H. The fraction of sp³-hybridized carbons (Fsp3) is 0.833. The van der Waals surface area contributed by atoms with Crippen molar-refractivity contribution in [3.63, 3.8) is 0 Å². The molecule has 0 aromatic carbocycles. The molecular formula is C6H14ClNO. The van der Waals surface area contributed by atoms with Gasteiger partial charge in [-0.1, -0.05) is 0 Å². The molecule has 9 heavy (non-hydrogen) atoms. The summed E-state index contributed by atoms with van der Waals surface area (Å²) in [6, 6.07) is 0. The lowest BCUT2D eigenvalue weighted by atomic mass is 10.0. The van der Waals surface area contributed by atoms with Gasteiger partial charge in [0.25, 0.3) is 0 Å². The minimum Gasteiger partial charge on any atom is -0.326 e. The second-order valence-electron chi connectivity index (χ2n) is 2.69. The highest BCUT2D eigenvalue weighted by Crippen LogP contribution is 2.03. The van der Waals surface area contributed by atoms with Gasteiger partial charge < -0.3 is 10.5 Å². The van der Waals surface area contributed by atoms with Crippen LogP contribution in [0.2, 0.25) is 0 Å². The van der Waals surface area contributed by atoms with Crippen molar-refractivity contribution >= 4 is 18.7 Å². The molecule has 2 nitrogen and oxygen atoms in total. The number of hydrogen-bond acceptors (Lipinski definition) is 2. The lowest BCUT2D eigenvalue weighted by Gasteiger charge is -2.15. The Labute approximate surface area is 62.2 Å². The topological polar surface area (TPSA) is 43.1 Å². The van der Waals surface area contributed by atoms with Crippen LogP contribution in [-0.4, -0.2) is 11.8 Å². The molecule has 2 N–H and O–H groups in total. The third-order valence-electron chi connectivity index (χ3n) is 0.907. The highest BCUT2D eigenvalue weighted by molar-refractivity contribution is 5.85. The van der Waals surface area contributed by atoms with E-state index in [0.29, 0.717) is 6.42 Å². The Bertz CT molecular complexity index is 77.6. The molecular weight excluding hydrogens is 138 g/mol. The summed E-state index contributed by atoms with van der Waals surface area (Å²) < 4.78 is 0. The van der Waals surface area contributed by atoms with Crippen LogP contribution in [0.25, 0.3) is 0 Å². The highest BCUT2D eigenvalue weighted by atomic mass is 35.5. The molecule has 0 unspecified atom stereocenters. The maximum absolute atomic E-state index is 9.80. The van der Waals surface area contributed by atoms with E-state index in [9.17, 15) is 4.79 Å². The molecule has 0 aromatic heterocycles. The van der Waals surface area contributed by atoms with Crippen LogP contribution < -0.4 is 5.73 Å². The van der Waals surface area contributed by atoms with Gasteiger partial charge in [0.2, 0.25) is 0 Å². The van der Waals surface area contributed by atoms with Crippen LogP contribution in [0.15, 0.2) is 0 Å². The van der Waals surface area contributed by atoms with Crippen LogP contribution in [0.3, 0.4) is 0 Å². The summed E-state index contributed by atoms with van der Waals surface area (Å²) in [4.78, 5) is 9.80. The molecule has 0 heterocycles. The maximum atomic E-state index is 9.80. The third kappa shape index (κ3) is 11.5. The first-order valence-corrected chi connectivity index (χ1v) is 2.79. The zero-order chi connectivity index (χ0) is 6.62. The molecule has 0 amide bonds. The van der Waals surface area contributed by atoms with Crippen LogP contribution in [0.5, 0.6) is 0 Å². The average molecular weight is 152 g/mol. The molecule has 0 fully saturated rings. The van der Waals surface area contributed by atoms with Crippen molar-refractivity contribution < 1.29 is 4.79 Å². The van der Waals surface area contributed by atoms with Crippen LogP contribution >= 0.6 is 12.4 Å². The third-order valence-corrected chi connectivity index (χ3v) is 0.907. The molecule has 0 radical (unpaired) electrons. The number of hydrogen-bond donors (Lipinski definition) is 1. The van der Waals surface area contributed by atoms with Gasteiger partial charge in [-0.3, -0.25) is 0 Å². The van der Waals surface area contributed by atoms with E-state index in [2.05, 4.69) is 0 Å².